The molecule has 0 bridgehead atoms. The third-order valence-electron chi connectivity index (χ3n) is 1.71. The van der Waals surface area contributed by atoms with Gasteiger partial charge in [-0.25, -0.2) is 0 Å². The molecular weight excluding hydrogens is 208 g/mol. The van der Waals surface area contributed by atoms with Crippen molar-refractivity contribution in [3.63, 3.8) is 0 Å². The van der Waals surface area contributed by atoms with Crippen LogP contribution in [0.5, 0.6) is 0 Å². The minimum Gasteiger partial charge on any atom is -0.459 e. The van der Waals surface area contributed by atoms with Crippen molar-refractivity contribution in [2.75, 3.05) is 13.1 Å². The molecule has 0 heterocycles. The summed E-state index contributed by atoms with van der Waals surface area (Å²) in [5.41, 5.74) is -0.468. The predicted octanol–water partition coefficient (Wildman–Crippen LogP) is 0.442. The van der Waals surface area contributed by atoms with Crippen LogP contribution in [-0.4, -0.2) is 36.6 Å². The standard InChI is InChI=1S/C11H22N2O3/c1-8(10(15)16-11(3,4)5)12-6-7-13-9(2)14/h8,12H,6-7H2,1-5H3,(H,13,14). The fourth-order valence-corrected chi connectivity index (χ4v) is 1.00. The van der Waals surface area contributed by atoms with Crippen LogP contribution >= 0.6 is 0 Å². The van der Waals surface area contributed by atoms with Gasteiger partial charge in [-0.15, -0.1) is 0 Å². The summed E-state index contributed by atoms with van der Waals surface area (Å²) in [6.07, 6.45) is 0. The van der Waals surface area contributed by atoms with E-state index < -0.39 is 5.60 Å². The van der Waals surface area contributed by atoms with Gasteiger partial charge in [0.2, 0.25) is 5.91 Å². The number of carbonyl (C=O) groups excluding carboxylic acids is 2. The van der Waals surface area contributed by atoms with Gasteiger partial charge in [-0.1, -0.05) is 0 Å². The number of nitrogens with one attached hydrogen (secondary N) is 2. The smallest absolute Gasteiger partial charge is 0.323 e. The van der Waals surface area contributed by atoms with Gasteiger partial charge in [0, 0.05) is 20.0 Å². The Morgan fingerprint density at radius 3 is 2.25 bits per heavy atom. The monoisotopic (exact) mass is 230 g/mol. The molecule has 0 aromatic carbocycles. The lowest BCUT2D eigenvalue weighted by Crippen LogP contribution is -2.42. The van der Waals surface area contributed by atoms with Crippen molar-refractivity contribution in [1.29, 1.82) is 0 Å². The summed E-state index contributed by atoms with van der Waals surface area (Å²) >= 11 is 0. The summed E-state index contributed by atoms with van der Waals surface area (Å²) in [4.78, 5) is 22.1. The van der Waals surface area contributed by atoms with Crippen molar-refractivity contribution in [3.8, 4) is 0 Å². The molecule has 0 fully saturated rings. The lowest BCUT2D eigenvalue weighted by Gasteiger charge is -2.22. The topological polar surface area (TPSA) is 67.4 Å². The first kappa shape index (κ1) is 14.9. The molecule has 5 heteroatoms. The Kier molecular flexibility index (Phi) is 6.03. The Morgan fingerprint density at radius 2 is 1.81 bits per heavy atom. The van der Waals surface area contributed by atoms with Crippen molar-refractivity contribution in [3.05, 3.63) is 0 Å². The zero-order chi connectivity index (χ0) is 12.8. The quantitative estimate of drug-likeness (QED) is 0.531. The highest BCUT2D eigenvalue weighted by Crippen LogP contribution is 2.07. The van der Waals surface area contributed by atoms with Gasteiger partial charge in [0.25, 0.3) is 0 Å². The highest BCUT2D eigenvalue weighted by molar-refractivity contribution is 5.75. The molecular formula is C11H22N2O3. The van der Waals surface area contributed by atoms with E-state index in [0.29, 0.717) is 13.1 Å². The first-order chi connectivity index (χ1) is 7.22. The lowest BCUT2D eigenvalue weighted by molar-refractivity contribution is -0.156. The third-order valence-corrected chi connectivity index (χ3v) is 1.71. The van der Waals surface area contributed by atoms with Gasteiger partial charge in [-0.05, 0) is 27.7 Å². The number of carbonyl (C=O) groups is 2. The number of hydrogen-bond acceptors (Lipinski definition) is 4. The van der Waals surface area contributed by atoms with Gasteiger partial charge in [0.05, 0.1) is 0 Å². The second-order valence-corrected chi connectivity index (χ2v) is 4.69. The Balaban J connectivity index is 3.76. The van der Waals surface area contributed by atoms with E-state index in [0.717, 1.165) is 0 Å². The molecule has 0 aromatic heterocycles. The highest BCUT2D eigenvalue weighted by Gasteiger charge is 2.20. The second kappa shape index (κ2) is 6.48. The fourth-order valence-electron chi connectivity index (χ4n) is 1.00. The molecule has 0 aliphatic heterocycles. The molecule has 0 spiro atoms. The van der Waals surface area contributed by atoms with Crippen LogP contribution in [0.4, 0.5) is 0 Å². The molecule has 16 heavy (non-hydrogen) atoms. The average Bonchev–Trinajstić information content (AvgIpc) is 2.08. The van der Waals surface area contributed by atoms with Crippen LogP contribution in [0.25, 0.3) is 0 Å². The molecule has 0 rings (SSSR count). The molecule has 1 amide bonds. The van der Waals surface area contributed by atoms with E-state index in [2.05, 4.69) is 10.6 Å². The van der Waals surface area contributed by atoms with Crippen molar-refractivity contribution in [2.45, 2.75) is 46.3 Å². The molecule has 2 N–H and O–H groups in total. The molecule has 0 aliphatic carbocycles. The summed E-state index contributed by atoms with van der Waals surface area (Å²) in [6, 6.07) is -0.368. The Bertz CT molecular complexity index is 246. The normalized spacial score (nSPS) is 13.1. The second-order valence-electron chi connectivity index (χ2n) is 4.69. The number of hydrogen-bond donors (Lipinski definition) is 2. The summed E-state index contributed by atoms with van der Waals surface area (Å²) in [5.74, 6) is -0.359. The summed E-state index contributed by atoms with van der Waals surface area (Å²) in [5, 5.41) is 5.61. The molecule has 0 aromatic rings. The predicted molar refractivity (Wildman–Crippen MR) is 62.0 cm³/mol. The van der Waals surface area contributed by atoms with Crippen LogP contribution < -0.4 is 10.6 Å². The van der Waals surface area contributed by atoms with Crippen LogP contribution in [0.2, 0.25) is 0 Å². The maximum Gasteiger partial charge on any atom is 0.323 e. The Labute approximate surface area is 96.9 Å². The van der Waals surface area contributed by atoms with Crippen LogP contribution in [0, 0.1) is 0 Å². The third kappa shape index (κ3) is 8.23. The van der Waals surface area contributed by atoms with E-state index in [1.54, 1.807) is 6.92 Å². The van der Waals surface area contributed by atoms with E-state index in [9.17, 15) is 9.59 Å². The minimum atomic E-state index is -0.468. The summed E-state index contributed by atoms with van der Waals surface area (Å²) < 4.78 is 5.19. The van der Waals surface area contributed by atoms with Crippen molar-refractivity contribution in [1.82, 2.24) is 10.6 Å². The summed E-state index contributed by atoms with van der Waals surface area (Å²) in [6.45, 7) is 9.72. The number of ether oxygens (including phenoxy) is 1. The van der Waals surface area contributed by atoms with Crippen LogP contribution in [-0.2, 0) is 14.3 Å². The Morgan fingerprint density at radius 1 is 1.25 bits per heavy atom. The molecule has 94 valence electrons. The number of esters is 1. The highest BCUT2D eigenvalue weighted by atomic mass is 16.6. The molecule has 1 atom stereocenters. The molecule has 0 saturated carbocycles. The van der Waals surface area contributed by atoms with Gasteiger partial charge in [-0.3, -0.25) is 9.59 Å². The molecule has 0 aliphatic rings. The van der Waals surface area contributed by atoms with E-state index in [-0.39, 0.29) is 17.9 Å². The maximum absolute atomic E-state index is 11.5. The minimum absolute atomic E-state index is 0.0771. The largest absolute Gasteiger partial charge is 0.459 e. The fraction of sp³-hybridized carbons (Fsp3) is 0.818. The van der Waals surface area contributed by atoms with E-state index in [4.69, 9.17) is 4.74 Å². The van der Waals surface area contributed by atoms with Crippen molar-refractivity contribution >= 4 is 11.9 Å². The van der Waals surface area contributed by atoms with Gasteiger partial charge in [0.1, 0.15) is 11.6 Å². The summed E-state index contributed by atoms with van der Waals surface area (Å²) in [7, 11) is 0. The zero-order valence-corrected chi connectivity index (χ0v) is 10.7. The first-order valence-corrected chi connectivity index (χ1v) is 5.43. The average molecular weight is 230 g/mol. The van der Waals surface area contributed by atoms with Gasteiger partial charge in [0.15, 0.2) is 0 Å². The Hall–Kier alpha value is -1.10. The van der Waals surface area contributed by atoms with Crippen molar-refractivity contribution in [2.24, 2.45) is 0 Å². The number of amides is 1. The van der Waals surface area contributed by atoms with Crippen molar-refractivity contribution < 1.29 is 14.3 Å². The lowest BCUT2D eigenvalue weighted by atomic mass is 10.2. The number of rotatable bonds is 5. The van der Waals surface area contributed by atoms with Crippen LogP contribution in [0.3, 0.4) is 0 Å². The molecule has 5 nitrogen and oxygen atoms in total. The first-order valence-electron chi connectivity index (χ1n) is 5.43. The zero-order valence-electron chi connectivity index (χ0n) is 10.7. The van der Waals surface area contributed by atoms with Gasteiger partial charge >= 0.3 is 5.97 Å². The molecule has 0 radical (unpaired) electrons. The van der Waals surface area contributed by atoms with E-state index in [1.807, 2.05) is 20.8 Å². The van der Waals surface area contributed by atoms with E-state index >= 15 is 0 Å². The van der Waals surface area contributed by atoms with Crippen LogP contribution in [0.15, 0.2) is 0 Å². The van der Waals surface area contributed by atoms with Crippen LogP contribution in [0.1, 0.15) is 34.6 Å². The molecule has 0 saturated heterocycles. The van der Waals surface area contributed by atoms with E-state index in [1.165, 1.54) is 6.92 Å². The van der Waals surface area contributed by atoms with Gasteiger partial charge < -0.3 is 15.4 Å². The maximum atomic E-state index is 11.5. The SMILES string of the molecule is CC(=O)NCCNC(C)C(=O)OC(C)(C)C. The van der Waals surface area contributed by atoms with Gasteiger partial charge in [-0.2, -0.15) is 0 Å². The molecule has 1 unspecified atom stereocenters.